The predicted molar refractivity (Wildman–Crippen MR) is 55.5 cm³/mol. The summed E-state index contributed by atoms with van der Waals surface area (Å²) in [5, 5.41) is 1.67. The molecule has 0 saturated carbocycles. The first-order valence-electron chi connectivity index (χ1n) is 4.64. The van der Waals surface area contributed by atoms with Gasteiger partial charge in [-0.3, -0.25) is 0 Å². The Balaban J connectivity index is 0.00000225. The summed E-state index contributed by atoms with van der Waals surface area (Å²) in [6.07, 6.45) is 0.805. The van der Waals surface area contributed by atoms with Gasteiger partial charge in [-0.15, -0.1) is 0 Å². The Hall–Kier alpha value is -0.390. The first-order valence-corrected chi connectivity index (χ1v) is 5.63. The number of hydrogen-bond acceptors (Lipinski definition) is 1. The molecule has 1 rings (SSSR count). The molecule has 6 heteroatoms. The molecule has 0 aliphatic heterocycles. The van der Waals surface area contributed by atoms with Crippen LogP contribution >= 0.6 is 11.8 Å². The number of hydrogen-bond donors (Lipinski definition) is 1. The molecule has 0 atom stereocenters. The van der Waals surface area contributed by atoms with Gasteiger partial charge in [0.2, 0.25) is 0 Å². The Morgan fingerprint density at radius 2 is 1.75 bits per heavy atom. The van der Waals surface area contributed by atoms with E-state index in [0.29, 0.717) is 6.54 Å². The van der Waals surface area contributed by atoms with E-state index in [2.05, 4.69) is 0 Å². The third kappa shape index (κ3) is 7.84. The molecule has 16 heavy (non-hydrogen) atoms. The van der Waals surface area contributed by atoms with Crippen LogP contribution in [0.1, 0.15) is 5.56 Å². The second-order valence-corrected chi connectivity index (χ2v) is 4.15. The molecule has 0 unspecified atom stereocenters. The summed E-state index contributed by atoms with van der Waals surface area (Å²) in [6, 6.07) is 9.74. The summed E-state index contributed by atoms with van der Waals surface area (Å²) in [5.41, 5.74) is -2.95. The Labute approximate surface area is 103 Å². The molecule has 0 aromatic heterocycles. The Kier molecular flexibility index (Phi) is 7.62. The number of quaternary nitrogens is 1. The van der Waals surface area contributed by atoms with E-state index in [1.54, 1.807) is 5.32 Å². The molecule has 92 valence electrons. The fourth-order valence-electron chi connectivity index (χ4n) is 1.15. The van der Waals surface area contributed by atoms with Crippen LogP contribution in [0.5, 0.6) is 0 Å². The van der Waals surface area contributed by atoms with Crippen LogP contribution in [0.2, 0.25) is 0 Å². The van der Waals surface area contributed by atoms with E-state index in [1.165, 1.54) is 0 Å². The first kappa shape index (κ1) is 15.6. The molecule has 2 N–H and O–H groups in total. The Morgan fingerprint density at radius 3 is 2.31 bits per heavy atom. The summed E-state index contributed by atoms with van der Waals surface area (Å²) >= 11 is 0.0132. The lowest BCUT2D eigenvalue weighted by Crippen LogP contribution is -3.00. The quantitative estimate of drug-likeness (QED) is 0.537. The van der Waals surface area contributed by atoms with Crippen molar-refractivity contribution in [3.8, 4) is 0 Å². The zero-order chi connectivity index (χ0) is 11.1. The molecule has 0 spiro atoms. The minimum Gasteiger partial charge on any atom is -1.00 e. The van der Waals surface area contributed by atoms with Crippen molar-refractivity contribution in [1.82, 2.24) is 0 Å². The zero-order valence-electron chi connectivity index (χ0n) is 8.51. The lowest BCUT2D eigenvalue weighted by atomic mass is 10.2. The van der Waals surface area contributed by atoms with Gasteiger partial charge in [-0.05, 0) is 5.56 Å². The third-order valence-corrected chi connectivity index (χ3v) is 2.57. The van der Waals surface area contributed by atoms with E-state index < -0.39 is 5.51 Å². The first-order chi connectivity index (χ1) is 7.08. The number of nitrogens with two attached hydrogens (primary N) is 1. The van der Waals surface area contributed by atoms with Gasteiger partial charge >= 0.3 is 5.51 Å². The number of thioether (sulfide) groups is 1. The van der Waals surface area contributed by atoms with Crippen molar-refractivity contribution in [2.75, 3.05) is 12.4 Å². The Morgan fingerprint density at radius 1 is 1.12 bits per heavy atom. The van der Waals surface area contributed by atoms with E-state index in [9.17, 15) is 13.2 Å². The molecule has 0 aliphatic rings. The van der Waals surface area contributed by atoms with Crippen LogP contribution in [-0.4, -0.2) is 17.9 Å². The number of rotatable bonds is 5. The maximum Gasteiger partial charge on any atom is 0.446 e. The highest BCUT2D eigenvalue weighted by molar-refractivity contribution is 7.99. The SMILES string of the molecule is FC(F)(F)SC[NH2+]CCc1ccccc1.[Cl-]. The highest BCUT2D eigenvalue weighted by Crippen LogP contribution is 2.27. The number of benzene rings is 1. The molecular weight excluding hydrogens is 259 g/mol. The van der Waals surface area contributed by atoms with Gasteiger partial charge in [0.1, 0.15) is 5.88 Å². The maximum atomic E-state index is 11.7. The van der Waals surface area contributed by atoms with Crippen molar-refractivity contribution in [2.45, 2.75) is 11.9 Å². The molecular formula is C10H13ClF3NS. The van der Waals surface area contributed by atoms with Gasteiger partial charge in [0.05, 0.1) is 6.54 Å². The van der Waals surface area contributed by atoms with Gasteiger partial charge in [0, 0.05) is 18.2 Å². The summed E-state index contributed by atoms with van der Waals surface area (Å²) in [4.78, 5) is 0. The van der Waals surface area contributed by atoms with E-state index in [1.807, 2.05) is 30.3 Å². The fourth-order valence-corrected chi connectivity index (χ4v) is 1.62. The van der Waals surface area contributed by atoms with Crippen molar-refractivity contribution in [3.63, 3.8) is 0 Å². The van der Waals surface area contributed by atoms with Crippen LogP contribution in [0.3, 0.4) is 0 Å². The molecule has 0 aliphatic carbocycles. The van der Waals surface area contributed by atoms with Crippen molar-refractivity contribution in [1.29, 1.82) is 0 Å². The van der Waals surface area contributed by atoms with Gasteiger partial charge in [-0.2, -0.15) is 13.2 Å². The number of alkyl halides is 3. The molecule has 1 aromatic carbocycles. The van der Waals surface area contributed by atoms with E-state index in [-0.39, 0.29) is 30.0 Å². The topological polar surface area (TPSA) is 16.6 Å². The largest absolute Gasteiger partial charge is 1.00 e. The number of halogens is 4. The zero-order valence-corrected chi connectivity index (χ0v) is 10.1. The van der Waals surface area contributed by atoms with Crippen LogP contribution in [-0.2, 0) is 6.42 Å². The molecule has 1 nitrogen and oxygen atoms in total. The van der Waals surface area contributed by atoms with Crippen molar-refractivity contribution < 1.29 is 30.9 Å². The molecule has 1 aromatic rings. The van der Waals surface area contributed by atoms with Crippen LogP contribution in [0.25, 0.3) is 0 Å². The van der Waals surface area contributed by atoms with Crippen molar-refractivity contribution >= 4 is 11.8 Å². The van der Waals surface area contributed by atoms with E-state index in [4.69, 9.17) is 0 Å². The minimum atomic E-state index is -4.11. The highest BCUT2D eigenvalue weighted by atomic mass is 35.5. The summed E-state index contributed by atoms with van der Waals surface area (Å²) in [7, 11) is 0. The van der Waals surface area contributed by atoms with Gasteiger partial charge in [0.15, 0.2) is 0 Å². The average Bonchev–Trinajstić information content (AvgIpc) is 2.17. The maximum absolute atomic E-state index is 11.7. The molecule has 0 saturated heterocycles. The second kappa shape index (κ2) is 7.81. The lowest BCUT2D eigenvalue weighted by Gasteiger charge is -2.04. The van der Waals surface area contributed by atoms with Crippen LogP contribution in [0.15, 0.2) is 30.3 Å². The van der Waals surface area contributed by atoms with Crippen LogP contribution in [0.4, 0.5) is 13.2 Å². The third-order valence-electron chi connectivity index (χ3n) is 1.84. The summed E-state index contributed by atoms with van der Waals surface area (Å²) < 4.78 is 35.2. The van der Waals surface area contributed by atoms with Crippen molar-refractivity contribution in [2.24, 2.45) is 0 Å². The van der Waals surface area contributed by atoms with Gasteiger partial charge in [-0.1, -0.05) is 30.3 Å². The Bertz CT molecular complexity index is 279. The molecule has 0 fully saturated rings. The standard InChI is InChI=1S/C10H12F3NS.ClH/c11-10(12,13)15-8-14-7-6-9-4-2-1-3-5-9;/h1-5,14H,6-8H2;1H. The normalized spacial score (nSPS) is 10.9. The predicted octanol–water partition coefficient (Wildman–Crippen LogP) is -0.993. The average molecular weight is 272 g/mol. The second-order valence-electron chi connectivity index (χ2n) is 3.07. The molecule has 0 radical (unpaired) electrons. The smallest absolute Gasteiger partial charge is 0.446 e. The van der Waals surface area contributed by atoms with Crippen molar-refractivity contribution in [3.05, 3.63) is 35.9 Å². The summed E-state index contributed by atoms with van der Waals surface area (Å²) in [6.45, 7) is 0.688. The molecule has 0 bridgehead atoms. The lowest BCUT2D eigenvalue weighted by molar-refractivity contribution is -0.636. The highest BCUT2D eigenvalue weighted by Gasteiger charge is 2.28. The van der Waals surface area contributed by atoms with Gasteiger partial charge < -0.3 is 17.7 Å². The van der Waals surface area contributed by atoms with E-state index >= 15 is 0 Å². The minimum absolute atomic E-state index is 0. The monoisotopic (exact) mass is 271 g/mol. The summed E-state index contributed by atoms with van der Waals surface area (Å²) in [5.74, 6) is 0.0380. The molecule has 0 amide bonds. The van der Waals surface area contributed by atoms with E-state index in [0.717, 1.165) is 12.0 Å². The fraction of sp³-hybridized carbons (Fsp3) is 0.400. The van der Waals surface area contributed by atoms with Gasteiger partial charge in [0.25, 0.3) is 0 Å². The van der Waals surface area contributed by atoms with Gasteiger partial charge in [-0.25, -0.2) is 0 Å². The van der Waals surface area contributed by atoms with Crippen LogP contribution < -0.4 is 17.7 Å². The van der Waals surface area contributed by atoms with Crippen LogP contribution in [0, 0.1) is 0 Å². The molecule has 0 heterocycles.